The fourth-order valence-electron chi connectivity index (χ4n) is 2.35. The minimum atomic E-state index is -0.530. The van der Waals surface area contributed by atoms with E-state index < -0.39 is 6.10 Å². The van der Waals surface area contributed by atoms with E-state index in [2.05, 4.69) is 16.7 Å². The molecule has 1 aromatic rings. The van der Waals surface area contributed by atoms with E-state index in [0.717, 1.165) is 17.5 Å². The van der Waals surface area contributed by atoms with Gasteiger partial charge in [-0.3, -0.25) is 4.79 Å². The summed E-state index contributed by atoms with van der Waals surface area (Å²) in [5.41, 5.74) is 3.28. The Morgan fingerprint density at radius 1 is 1.30 bits per heavy atom. The molecule has 4 heteroatoms. The van der Waals surface area contributed by atoms with Crippen LogP contribution in [0.5, 0.6) is 0 Å². The normalized spacial score (nSPS) is 13.8. The van der Waals surface area contributed by atoms with E-state index in [9.17, 15) is 9.90 Å². The first-order chi connectivity index (χ1) is 9.45. The zero-order chi connectivity index (χ0) is 15.1. The van der Waals surface area contributed by atoms with Crippen molar-refractivity contribution in [2.45, 2.75) is 46.3 Å². The number of carbonyl (C=O) groups is 1. The Morgan fingerprint density at radius 3 is 2.55 bits per heavy atom. The van der Waals surface area contributed by atoms with Gasteiger partial charge in [0.05, 0.1) is 6.10 Å². The summed E-state index contributed by atoms with van der Waals surface area (Å²) < 4.78 is 0. The van der Waals surface area contributed by atoms with Crippen LogP contribution in [0, 0.1) is 13.8 Å². The second-order valence-corrected chi connectivity index (χ2v) is 5.26. The number of aliphatic hydroxyl groups is 1. The van der Waals surface area contributed by atoms with Crippen LogP contribution in [0.15, 0.2) is 18.2 Å². The summed E-state index contributed by atoms with van der Waals surface area (Å²) in [4.78, 5) is 10.8. The van der Waals surface area contributed by atoms with Gasteiger partial charge in [-0.2, -0.15) is 0 Å². The van der Waals surface area contributed by atoms with Crippen LogP contribution in [0.25, 0.3) is 0 Å². The molecule has 1 rings (SSSR count). The van der Waals surface area contributed by atoms with E-state index >= 15 is 0 Å². The molecule has 3 N–H and O–H groups in total. The molecule has 0 aliphatic carbocycles. The Labute approximate surface area is 121 Å². The van der Waals surface area contributed by atoms with Gasteiger partial charge in [-0.1, -0.05) is 30.7 Å². The summed E-state index contributed by atoms with van der Waals surface area (Å²) in [5, 5.41) is 16.6. The maximum absolute atomic E-state index is 10.8. The number of aliphatic hydroxyl groups excluding tert-OH is 1. The molecule has 20 heavy (non-hydrogen) atoms. The van der Waals surface area contributed by atoms with Crippen LogP contribution in [0.1, 0.15) is 43.1 Å². The van der Waals surface area contributed by atoms with Gasteiger partial charge in [-0.15, -0.1) is 0 Å². The molecule has 0 radical (unpaired) electrons. The number of benzene rings is 1. The third-order valence-corrected chi connectivity index (χ3v) is 3.47. The van der Waals surface area contributed by atoms with E-state index in [1.165, 1.54) is 12.5 Å². The highest BCUT2D eigenvalue weighted by Gasteiger charge is 2.20. The maximum atomic E-state index is 10.8. The second kappa shape index (κ2) is 8.02. The summed E-state index contributed by atoms with van der Waals surface area (Å²) >= 11 is 0. The number of amides is 1. The second-order valence-electron chi connectivity index (χ2n) is 5.26. The quantitative estimate of drug-likeness (QED) is 0.667. The van der Waals surface area contributed by atoms with Crippen molar-refractivity contribution in [1.29, 1.82) is 0 Å². The van der Waals surface area contributed by atoms with Gasteiger partial charge in [0.15, 0.2) is 0 Å². The molecule has 1 amide bonds. The smallest absolute Gasteiger partial charge is 0.216 e. The Bertz CT molecular complexity index is 446. The van der Waals surface area contributed by atoms with E-state index in [4.69, 9.17) is 0 Å². The molecule has 0 saturated heterocycles. The highest BCUT2D eigenvalue weighted by atomic mass is 16.3. The molecule has 0 aliphatic rings. The van der Waals surface area contributed by atoms with E-state index in [1.54, 1.807) is 0 Å². The topological polar surface area (TPSA) is 61.4 Å². The van der Waals surface area contributed by atoms with Crippen molar-refractivity contribution in [1.82, 2.24) is 10.6 Å². The molecule has 0 heterocycles. The van der Waals surface area contributed by atoms with E-state index in [1.807, 2.05) is 32.9 Å². The van der Waals surface area contributed by atoms with Gasteiger partial charge in [-0.25, -0.2) is 0 Å². The third kappa shape index (κ3) is 4.94. The first kappa shape index (κ1) is 16.7. The predicted molar refractivity (Wildman–Crippen MR) is 81.6 cm³/mol. The monoisotopic (exact) mass is 278 g/mol. The van der Waals surface area contributed by atoms with Gasteiger partial charge < -0.3 is 15.7 Å². The minimum Gasteiger partial charge on any atom is -0.387 e. The molecular weight excluding hydrogens is 252 g/mol. The summed E-state index contributed by atoms with van der Waals surface area (Å²) in [6.45, 7) is 8.85. The lowest BCUT2D eigenvalue weighted by Gasteiger charge is -2.25. The van der Waals surface area contributed by atoms with E-state index in [0.29, 0.717) is 13.1 Å². The van der Waals surface area contributed by atoms with Gasteiger partial charge in [0, 0.05) is 26.1 Å². The number of aryl methyl sites for hydroxylation is 2. The molecule has 0 aromatic heterocycles. The van der Waals surface area contributed by atoms with Crippen LogP contribution >= 0.6 is 0 Å². The highest BCUT2D eigenvalue weighted by molar-refractivity contribution is 5.72. The SMILES string of the molecule is CCC(NCCNC(C)=O)C(O)c1ccc(C)cc1C. The van der Waals surface area contributed by atoms with Crippen molar-refractivity contribution in [2.24, 2.45) is 0 Å². The number of nitrogens with one attached hydrogen (secondary N) is 2. The molecular formula is C16H26N2O2. The standard InChI is InChI=1S/C16H26N2O2/c1-5-15(18-9-8-17-13(4)19)16(20)14-7-6-11(2)10-12(14)3/h6-7,10,15-16,18,20H,5,8-9H2,1-4H3,(H,17,19). The Balaban J connectivity index is 2.61. The Morgan fingerprint density at radius 2 is 2.00 bits per heavy atom. The third-order valence-electron chi connectivity index (χ3n) is 3.47. The molecule has 2 atom stereocenters. The summed E-state index contributed by atoms with van der Waals surface area (Å²) in [6, 6.07) is 6.09. The summed E-state index contributed by atoms with van der Waals surface area (Å²) in [5.74, 6) is -0.0326. The average Bonchev–Trinajstić information content (AvgIpc) is 2.38. The van der Waals surface area contributed by atoms with Crippen LogP contribution < -0.4 is 10.6 Å². The lowest BCUT2D eigenvalue weighted by atomic mass is 9.95. The Kier molecular flexibility index (Phi) is 6.68. The molecule has 0 saturated carbocycles. The number of hydrogen-bond donors (Lipinski definition) is 3. The van der Waals surface area contributed by atoms with Crippen LogP contribution in [0.4, 0.5) is 0 Å². The maximum Gasteiger partial charge on any atom is 0.216 e. The van der Waals surface area contributed by atoms with Crippen LogP contribution in [-0.4, -0.2) is 30.1 Å². The fourth-order valence-corrected chi connectivity index (χ4v) is 2.35. The molecule has 112 valence electrons. The zero-order valence-corrected chi connectivity index (χ0v) is 12.9. The lowest BCUT2D eigenvalue weighted by molar-refractivity contribution is -0.118. The molecule has 1 aromatic carbocycles. The van der Waals surface area contributed by atoms with Crippen molar-refractivity contribution >= 4 is 5.91 Å². The molecule has 0 aliphatic heterocycles. The summed E-state index contributed by atoms with van der Waals surface area (Å²) in [7, 11) is 0. The lowest BCUT2D eigenvalue weighted by Crippen LogP contribution is -2.39. The first-order valence-electron chi connectivity index (χ1n) is 7.18. The van der Waals surface area contributed by atoms with Crippen LogP contribution in [0.2, 0.25) is 0 Å². The van der Waals surface area contributed by atoms with Crippen LogP contribution in [-0.2, 0) is 4.79 Å². The van der Waals surface area contributed by atoms with Crippen molar-refractivity contribution in [2.75, 3.05) is 13.1 Å². The molecule has 0 spiro atoms. The number of rotatable bonds is 7. The molecule has 4 nitrogen and oxygen atoms in total. The van der Waals surface area contributed by atoms with Crippen molar-refractivity contribution in [3.63, 3.8) is 0 Å². The van der Waals surface area contributed by atoms with Crippen LogP contribution in [0.3, 0.4) is 0 Å². The van der Waals surface area contributed by atoms with Gasteiger partial charge in [0.1, 0.15) is 0 Å². The van der Waals surface area contributed by atoms with E-state index in [-0.39, 0.29) is 11.9 Å². The van der Waals surface area contributed by atoms with Crippen molar-refractivity contribution in [3.8, 4) is 0 Å². The summed E-state index contributed by atoms with van der Waals surface area (Å²) in [6.07, 6.45) is 0.298. The number of carbonyl (C=O) groups excluding carboxylic acids is 1. The van der Waals surface area contributed by atoms with Gasteiger partial charge >= 0.3 is 0 Å². The zero-order valence-electron chi connectivity index (χ0n) is 12.9. The fraction of sp³-hybridized carbons (Fsp3) is 0.562. The van der Waals surface area contributed by atoms with Gasteiger partial charge in [-0.05, 0) is 31.4 Å². The van der Waals surface area contributed by atoms with Crippen molar-refractivity contribution in [3.05, 3.63) is 34.9 Å². The van der Waals surface area contributed by atoms with Gasteiger partial charge in [0.25, 0.3) is 0 Å². The van der Waals surface area contributed by atoms with Crippen molar-refractivity contribution < 1.29 is 9.90 Å². The number of hydrogen-bond acceptors (Lipinski definition) is 3. The highest BCUT2D eigenvalue weighted by Crippen LogP contribution is 2.23. The molecule has 0 fully saturated rings. The molecule has 0 bridgehead atoms. The Hall–Kier alpha value is -1.39. The minimum absolute atomic E-state index is 0.00911. The molecule has 2 unspecified atom stereocenters. The first-order valence-corrected chi connectivity index (χ1v) is 7.18. The average molecular weight is 278 g/mol. The predicted octanol–water partition coefficient (Wildman–Crippen LogP) is 1.84. The largest absolute Gasteiger partial charge is 0.387 e. The van der Waals surface area contributed by atoms with Gasteiger partial charge in [0.2, 0.25) is 5.91 Å².